The Morgan fingerprint density at radius 3 is 1.11 bits per heavy atom. The third kappa shape index (κ3) is 58.5. The van der Waals surface area contributed by atoms with Gasteiger partial charge in [-0.05, 0) is 70.6 Å². The quantitative estimate of drug-likeness (QED) is 0.0264. The molecule has 2 atom stereocenters. The number of nitrogens with two attached hydrogens (primary N) is 1. The summed E-state index contributed by atoms with van der Waals surface area (Å²) in [6, 6.07) is 0. The first-order valence-electron chi connectivity index (χ1n) is 30.6. The number of allylic oxidation sites excluding steroid dienone is 14. The largest absolute Gasteiger partial charge is 0.472 e. The van der Waals surface area contributed by atoms with E-state index in [1.807, 2.05) is 0 Å². The highest BCUT2D eigenvalue weighted by atomic mass is 31.2. The van der Waals surface area contributed by atoms with Gasteiger partial charge in [-0.15, -0.1) is 0 Å². The van der Waals surface area contributed by atoms with Gasteiger partial charge in [-0.2, -0.15) is 0 Å². The average Bonchev–Trinajstić information content (AvgIpc) is 3.39. The van der Waals surface area contributed by atoms with Crippen molar-refractivity contribution >= 4 is 19.8 Å². The molecule has 428 valence electrons. The SMILES string of the molecule is CC/C=C\C/C=C\C/C=C\C/C=C\C/C=C\C/C=C\C/C=C\CCCCCCCC(=O)OC(COC(=O)CCCCCCCCCCCCCCCCCCCCCCCCCCCC)COP(=O)(O)OCCN. The smallest absolute Gasteiger partial charge is 0.462 e. The maximum atomic E-state index is 12.7. The molecule has 0 aliphatic heterocycles. The summed E-state index contributed by atoms with van der Waals surface area (Å²) in [6.45, 7) is 3.64. The lowest BCUT2D eigenvalue weighted by Crippen LogP contribution is -2.29. The summed E-state index contributed by atoms with van der Waals surface area (Å²) in [7, 11) is -4.40. The Morgan fingerprint density at radius 2 is 0.743 bits per heavy atom. The molecule has 10 heteroatoms. The topological polar surface area (TPSA) is 134 Å². The molecule has 0 bridgehead atoms. The summed E-state index contributed by atoms with van der Waals surface area (Å²) < 4.78 is 33.1. The van der Waals surface area contributed by atoms with E-state index in [-0.39, 0.29) is 38.6 Å². The van der Waals surface area contributed by atoms with Gasteiger partial charge in [-0.3, -0.25) is 18.6 Å². The van der Waals surface area contributed by atoms with Gasteiger partial charge >= 0.3 is 19.8 Å². The van der Waals surface area contributed by atoms with Crippen LogP contribution in [-0.2, 0) is 32.7 Å². The van der Waals surface area contributed by atoms with Crippen LogP contribution in [0.15, 0.2) is 85.1 Å². The highest BCUT2D eigenvalue weighted by molar-refractivity contribution is 7.47. The first-order valence-corrected chi connectivity index (χ1v) is 32.1. The van der Waals surface area contributed by atoms with Crippen LogP contribution >= 0.6 is 7.82 Å². The van der Waals surface area contributed by atoms with Gasteiger partial charge in [0.25, 0.3) is 0 Å². The van der Waals surface area contributed by atoms with Crippen LogP contribution in [-0.4, -0.2) is 49.3 Å². The fraction of sp³-hybridized carbons (Fsp3) is 0.750. The molecule has 74 heavy (non-hydrogen) atoms. The Labute approximate surface area is 455 Å². The van der Waals surface area contributed by atoms with Gasteiger partial charge in [0.2, 0.25) is 0 Å². The normalized spacial score (nSPS) is 13.6. The van der Waals surface area contributed by atoms with Crippen LogP contribution in [0.2, 0.25) is 0 Å². The second-order valence-electron chi connectivity index (χ2n) is 20.2. The molecule has 0 aromatic rings. The molecule has 0 spiro atoms. The maximum absolute atomic E-state index is 12.7. The zero-order valence-corrected chi connectivity index (χ0v) is 48.7. The van der Waals surface area contributed by atoms with Crippen LogP contribution in [0.25, 0.3) is 0 Å². The monoisotopic (exact) mass is 1060 g/mol. The number of phosphoric ester groups is 1. The molecule has 0 saturated heterocycles. The van der Waals surface area contributed by atoms with E-state index in [4.69, 9.17) is 24.3 Å². The van der Waals surface area contributed by atoms with E-state index in [1.54, 1.807) is 0 Å². The van der Waals surface area contributed by atoms with Crippen LogP contribution in [0, 0.1) is 0 Å². The first-order chi connectivity index (χ1) is 36.3. The van der Waals surface area contributed by atoms with Crippen molar-refractivity contribution in [3.05, 3.63) is 85.1 Å². The zero-order valence-electron chi connectivity index (χ0n) is 47.8. The summed E-state index contributed by atoms with van der Waals surface area (Å²) in [5, 5.41) is 0. The predicted molar refractivity (Wildman–Crippen MR) is 316 cm³/mol. The molecule has 9 nitrogen and oxygen atoms in total. The molecule has 0 aromatic carbocycles. The molecule has 0 aliphatic carbocycles. The minimum atomic E-state index is -4.40. The van der Waals surface area contributed by atoms with Gasteiger partial charge in [-0.1, -0.05) is 279 Å². The van der Waals surface area contributed by atoms with E-state index in [0.717, 1.165) is 96.3 Å². The van der Waals surface area contributed by atoms with Crippen LogP contribution in [0.3, 0.4) is 0 Å². The fourth-order valence-corrected chi connectivity index (χ4v) is 9.32. The number of carbonyl (C=O) groups is 2. The van der Waals surface area contributed by atoms with Gasteiger partial charge in [-0.25, -0.2) is 4.57 Å². The summed E-state index contributed by atoms with van der Waals surface area (Å²) in [5.74, 6) is -0.844. The average molecular weight is 1060 g/mol. The summed E-state index contributed by atoms with van der Waals surface area (Å²) in [4.78, 5) is 35.2. The highest BCUT2D eigenvalue weighted by Crippen LogP contribution is 2.43. The fourth-order valence-electron chi connectivity index (χ4n) is 8.56. The highest BCUT2D eigenvalue weighted by Gasteiger charge is 2.26. The summed E-state index contributed by atoms with van der Waals surface area (Å²) >= 11 is 0. The lowest BCUT2D eigenvalue weighted by atomic mass is 10.0. The Kier molecular flexibility index (Phi) is 57.2. The van der Waals surface area contributed by atoms with Crippen molar-refractivity contribution < 1.29 is 37.6 Å². The van der Waals surface area contributed by atoms with Gasteiger partial charge in [0.05, 0.1) is 13.2 Å². The minimum Gasteiger partial charge on any atom is -0.462 e. The van der Waals surface area contributed by atoms with Crippen LogP contribution in [0.1, 0.15) is 277 Å². The molecule has 0 aliphatic rings. The van der Waals surface area contributed by atoms with E-state index in [9.17, 15) is 19.0 Å². The number of unbranched alkanes of at least 4 members (excludes halogenated alkanes) is 30. The van der Waals surface area contributed by atoms with Crippen molar-refractivity contribution in [2.24, 2.45) is 5.73 Å². The zero-order chi connectivity index (χ0) is 53.8. The summed E-state index contributed by atoms with van der Waals surface area (Å²) in [5.41, 5.74) is 5.39. The molecule has 0 amide bonds. The second-order valence-corrected chi connectivity index (χ2v) is 21.7. The van der Waals surface area contributed by atoms with Gasteiger partial charge in [0.15, 0.2) is 6.10 Å². The van der Waals surface area contributed by atoms with Crippen LogP contribution < -0.4 is 5.73 Å². The lowest BCUT2D eigenvalue weighted by molar-refractivity contribution is -0.161. The molecule has 0 saturated carbocycles. The van der Waals surface area contributed by atoms with Crippen molar-refractivity contribution in [3.63, 3.8) is 0 Å². The van der Waals surface area contributed by atoms with E-state index in [0.29, 0.717) is 6.42 Å². The standard InChI is InChI=1S/C64H114NO8P/c1-3-5-7-9-11-13-15-17-19-21-23-25-27-29-31-33-35-37-39-41-43-45-47-49-51-53-55-57-64(67)73-62(61-72-74(68,69)71-59-58-65)60-70-63(66)56-54-52-50-48-46-44-42-40-38-36-34-32-30-28-26-24-22-20-18-16-14-12-10-8-6-4-2/h5,7,11,13,17,19,23,25,29,31,35,37,41,43,62H,3-4,6,8-10,12,14-16,18,20-22,24,26-28,30,32-34,36,38-40,42,44-61,65H2,1-2H3,(H,68,69)/b7-5-,13-11-,19-17-,25-23-,31-29-,37-35-,43-41-. The third-order valence-electron chi connectivity index (χ3n) is 13.0. The van der Waals surface area contributed by atoms with Crippen molar-refractivity contribution in [3.8, 4) is 0 Å². The van der Waals surface area contributed by atoms with E-state index in [1.165, 1.54) is 148 Å². The lowest BCUT2D eigenvalue weighted by Gasteiger charge is -2.19. The number of phosphoric acid groups is 1. The number of carbonyl (C=O) groups excluding carboxylic acids is 2. The number of rotatable bonds is 57. The first kappa shape index (κ1) is 71.2. The van der Waals surface area contributed by atoms with Crippen molar-refractivity contribution in [1.82, 2.24) is 0 Å². The van der Waals surface area contributed by atoms with Crippen LogP contribution in [0.5, 0.6) is 0 Å². The molecule has 0 heterocycles. The number of hydrogen-bond donors (Lipinski definition) is 2. The molecule has 0 aromatic heterocycles. The van der Waals surface area contributed by atoms with E-state index >= 15 is 0 Å². The summed E-state index contributed by atoms with van der Waals surface area (Å²) in [6.07, 6.45) is 77.9. The number of esters is 2. The maximum Gasteiger partial charge on any atom is 0.472 e. The molecule has 0 radical (unpaired) electrons. The Bertz CT molecular complexity index is 1480. The van der Waals surface area contributed by atoms with Gasteiger partial charge < -0.3 is 20.1 Å². The molecule has 2 unspecified atom stereocenters. The van der Waals surface area contributed by atoms with Crippen molar-refractivity contribution in [2.45, 2.75) is 283 Å². The molecule has 0 rings (SSSR count). The number of hydrogen-bond acceptors (Lipinski definition) is 8. The Morgan fingerprint density at radius 1 is 0.419 bits per heavy atom. The van der Waals surface area contributed by atoms with E-state index in [2.05, 4.69) is 98.9 Å². The molecule has 3 N–H and O–H groups in total. The molecule has 0 fully saturated rings. The molecular formula is C64H114NO8P. The van der Waals surface area contributed by atoms with Crippen molar-refractivity contribution in [1.29, 1.82) is 0 Å². The number of ether oxygens (including phenoxy) is 2. The predicted octanol–water partition coefficient (Wildman–Crippen LogP) is 19.5. The van der Waals surface area contributed by atoms with Gasteiger partial charge in [0, 0.05) is 19.4 Å². The van der Waals surface area contributed by atoms with E-state index < -0.39 is 26.5 Å². The third-order valence-corrected chi connectivity index (χ3v) is 14.0. The minimum absolute atomic E-state index is 0.0470. The van der Waals surface area contributed by atoms with Crippen LogP contribution in [0.4, 0.5) is 0 Å². The van der Waals surface area contributed by atoms with Gasteiger partial charge in [0.1, 0.15) is 6.61 Å². The molecular weight excluding hydrogens is 942 g/mol. The Hall–Kier alpha value is -2.81. The Balaban J connectivity index is 4.00. The van der Waals surface area contributed by atoms with Crippen molar-refractivity contribution in [2.75, 3.05) is 26.4 Å². The second kappa shape index (κ2) is 59.4.